The summed E-state index contributed by atoms with van der Waals surface area (Å²) in [7, 11) is 1.52. The highest BCUT2D eigenvalue weighted by atomic mass is 35.5. The first kappa shape index (κ1) is 11.7. The van der Waals surface area contributed by atoms with Crippen LogP contribution in [0.1, 0.15) is 15.9 Å². The number of ether oxygens (including phenoxy) is 1. The number of carbonyl (C=O) groups excluding carboxylic acids is 1. The van der Waals surface area contributed by atoms with Gasteiger partial charge in [-0.3, -0.25) is 9.59 Å². The maximum absolute atomic E-state index is 11.7. The lowest BCUT2D eigenvalue weighted by Gasteiger charge is -2.10. The summed E-state index contributed by atoms with van der Waals surface area (Å²) in [5.74, 6) is 0.571. The fourth-order valence-corrected chi connectivity index (χ4v) is 2.06. The van der Waals surface area contributed by atoms with Crippen LogP contribution in [0.5, 0.6) is 5.75 Å². The number of aldehydes is 1. The van der Waals surface area contributed by atoms with E-state index < -0.39 is 5.56 Å². The van der Waals surface area contributed by atoms with Gasteiger partial charge < -0.3 is 9.72 Å². The van der Waals surface area contributed by atoms with Crippen LogP contribution in [0, 0.1) is 6.92 Å². The van der Waals surface area contributed by atoms with E-state index in [0.717, 1.165) is 0 Å². The highest BCUT2D eigenvalue weighted by Gasteiger charge is 2.14. The van der Waals surface area contributed by atoms with Crippen LogP contribution in [-0.4, -0.2) is 18.4 Å². The van der Waals surface area contributed by atoms with Gasteiger partial charge >= 0.3 is 0 Å². The monoisotopic (exact) mass is 251 g/mol. The number of methoxy groups -OCH3 is 1. The first-order valence-electron chi connectivity index (χ1n) is 4.94. The third kappa shape index (κ3) is 1.70. The lowest BCUT2D eigenvalue weighted by atomic mass is 10.0. The zero-order valence-electron chi connectivity index (χ0n) is 9.33. The van der Waals surface area contributed by atoms with Crippen LogP contribution in [0.3, 0.4) is 0 Å². The van der Waals surface area contributed by atoms with E-state index in [-0.39, 0.29) is 5.56 Å². The van der Waals surface area contributed by atoms with E-state index in [1.807, 2.05) is 0 Å². The predicted molar refractivity (Wildman–Crippen MR) is 66.3 cm³/mol. The van der Waals surface area contributed by atoms with E-state index in [2.05, 4.69) is 4.98 Å². The van der Waals surface area contributed by atoms with Crippen molar-refractivity contribution < 1.29 is 9.53 Å². The van der Waals surface area contributed by atoms with E-state index in [0.29, 0.717) is 33.5 Å². The Hall–Kier alpha value is -1.81. The highest BCUT2D eigenvalue weighted by molar-refractivity contribution is 6.35. The van der Waals surface area contributed by atoms with Crippen molar-refractivity contribution in [3.63, 3.8) is 0 Å². The summed E-state index contributed by atoms with van der Waals surface area (Å²) in [6.07, 6.45) is 0.536. The number of aromatic nitrogens is 1. The Morgan fingerprint density at radius 3 is 2.71 bits per heavy atom. The molecule has 88 valence electrons. The van der Waals surface area contributed by atoms with Crippen molar-refractivity contribution >= 4 is 28.8 Å². The second-order valence-corrected chi connectivity index (χ2v) is 4.02. The number of hydrogen-bond donors (Lipinski definition) is 1. The van der Waals surface area contributed by atoms with Crippen LogP contribution in [-0.2, 0) is 0 Å². The number of aromatic amines is 1. The standard InChI is InChI=1S/C12H10ClNO3/c1-6-7(5-15)12(16)14-11-8(13)3-4-9(17-2)10(6)11/h3-5H,1-2H3,(H,14,16). The lowest BCUT2D eigenvalue weighted by Crippen LogP contribution is -2.14. The van der Waals surface area contributed by atoms with Crippen LogP contribution in [0.15, 0.2) is 16.9 Å². The van der Waals surface area contributed by atoms with Gasteiger partial charge in [-0.2, -0.15) is 0 Å². The molecule has 5 heteroatoms. The van der Waals surface area contributed by atoms with Gasteiger partial charge in [0.2, 0.25) is 0 Å². The van der Waals surface area contributed by atoms with Gasteiger partial charge in [0.05, 0.1) is 23.2 Å². The first-order valence-corrected chi connectivity index (χ1v) is 5.32. The lowest BCUT2D eigenvalue weighted by molar-refractivity contribution is 0.112. The smallest absolute Gasteiger partial charge is 0.259 e. The molecule has 0 fully saturated rings. The number of fused-ring (bicyclic) bond motifs is 1. The van der Waals surface area contributed by atoms with Crippen LogP contribution >= 0.6 is 11.6 Å². The van der Waals surface area contributed by atoms with Gasteiger partial charge in [0, 0.05) is 5.39 Å². The Morgan fingerprint density at radius 1 is 1.41 bits per heavy atom. The van der Waals surface area contributed by atoms with Gasteiger partial charge in [-0.1, -0.05) is 11.6 Å². The number of benzene rings is 1. The molecule has 0 bridgehead atoms. The van der Waals surface area contributed by atoms with Crippen molar-refractivity contribution in [2.24, 2.45) is 0 Å². The molecule has 2 rings (SSSR count). The highest BCUT2D eigenvalue weighted by Crippen LogP contribution is 2.32. The van der Waals surface area contributed by atoms with Crippen molar-refractivity contribution in [2.45, 2.75) is 6.92 Å². The van der Waals surface area contributed by atoms with Gasteiger partial charge in [-0.15, -0.1) is 0 Å². The molecule has 0 aliphatic heterocycles. The molecular formula is C12H10ClNO3. The fourth-order valence-electron chi connectivity index (χ4n) is 1.85. The molecule has 0 aliphatic rings. The van der Waals surface area contributed by atoms with Gasteiger partial charge in [-0.05, 0) is 24.6 Å². The van der Waals surface area contributed by atoms with E-state index in [1.54, 1.807) is 19.1 Å². The van der Waals surface area contributed by atoms with Gasteiger partial charge in [0.15, 0.2) is 6.29 Å². The third-order valence-corrected chi connectivity index (χ3v) is 3.03. The minimum atomic E-state index is -0.444. The number of nitrogens with one attached hydrogen (secondary N) is 1. The summed E-state index contributed by atoms with van der Waals surface area (Å²) < 4.78 is 5.21. The average Bonchev–Trinajstić information content (AvgIpc) is 2.31. The van der Waals surface area contributed by atoms with Crippen molar-refractivity contribution in [1.29, 1.82) is 0 Å². The molecular weight excluding hydrogens is 242 g/mol. The molecule has 0 aliphatic carbocycles. The summed E-state index contributed by atoms with van der Waals surface area (Å²) in [6, 6.07) is 3.34. The number of aryl methyl sites for hydroxylation is 1. The second kappa shape index (κ2) is 4.22. The van der Waals surface area contributed by atoms with Crippen LogP contribution in [0.4, 0.5) is 0 Å². The van der Waals surface area contributed by atoms with Gasteiger partial charge in [0.1, 0.15) is 5.75 Å². The molecule has 4 nitrogen and oxygen atoms in total. The van der Waals surface area contributed by atoms with E-state index in [9.17, 15) is 9.59 Å². The Balaban J connectivity index is 3.06. The van der Waals surface area contributed by atoms with Crippen molar-refractivity contribution in [1.82, 2.24) is 4.98 Å². The molecule has 0 spiro atoms. The normalized spacial score (nSPS) is 10.5. The predicted octanol–water partition coefficient (Wildman–Crippen LogP) is 2.31. The molecule has 1 aromatic heterocycles. The Kier molecular flexibility index (Phi) is 2.90. The molecule has 17 heavy (non-hydrogen) atoms. The molecule has 0 saturated carbocycles. The molecule has 0 radical (unpaired) electrons. The minimum Gasteiger partial charge on any atom is -0.496 e. The third-order valence-electron chi connectivity index (χ3n) is 2.72. The summed E-state index contributed by atoms with van der Waals surface area (Å²) in [5.41, 5.74) is 0.704. The maximum atomic E-state index is 11.7. The van der Waals surface area contributed by atoms with Gasteiger partial charge in [0.25, 0.3) is 5.56 Å². The summed E-state index contributed by atoms with van der Waals surface area (Å²) in [6.45, 7) is 1.69. The molecule has 0 unspecified atom stereocenters. The van der Waals surface area contributed by atoms with Crippen LogP contribution in [0.25, 0.3) is 10.9 Å². The topological polar surface area (TPSA) is 59.2 Å². The average molecular weight is 252 g/mol. The number of halogens is 1. The quantitative estimate of drug-likeness (QED) is 0.834. The molecule has 1 aromatic carbocycles. The number of carbonyl (C=O) groups is 1. The molecule has 0 amide bonds. The van der Waals surface area contributed by atoms with Crippen LogP contribution < -0.4 is 10.3 Å². The number of H-pyrrole nitrogens is 1. The van der Waals surface area contributed by atoms with Crippen LogP contribution in [0.2, 0.25) is 5.02 Å². The molecule has 0 saturated heterocycles. The summed E-state index contributed by atoms with van der Waals surface area (Å²) in [5, 5.41) is 1.07. The van der Waals surface area contributed by atoms with Crippen molar-refractivity contribution in [3.05, 3.63) is 38.6 Å². The Bertz CT molecular complexity index is 661. The molecule has 2 aromatic rings. The second-order valence-electron chi connectivity index (χ2n) is 3.61. The fraction of sp³-hybridized carbons (Fsp3) is 0.167. The van der Waals surface area contributed by atoms with E-state index in [1.165, 1.54) is 7.11 Å². The minimum absolute atomic E-state index is 0.0954. The van der Waals surface area contributed by atoms with Crippen molar-refractivity contribution in [3.8, 4) is 5.75 Å². The summed E-state index contributed by atoms with van der Waals surface area (Å²) in [4.78, 5) is 25.1. The Morgan fingerprint density at radius 2 is 2.12 bits per heavy atom. The largest absolute Gasteiger partial charge is 0.496 e. The van der Waals surface area contributed by atoms with Gasteiger partial charge in [-0.25, -0.2) is 0 Å². The maximum Gasteiger partial charge on any atom is 0.259 e. The zero-order chi connectivity index (χ0) is 12.6. The molecule has 0 atom stereocenters. The zero-order valence-corrected chi connectivity index (χ0v) is 10.1. The van der Waals surface area contributed by atoms with E-state index >= 15 is 0 Å². The molecule has 1 heterocycles. The number of hydrogen-bond acceptors (Lipinski definition) is 3. The van der Waals surface area contributed by atoms with E-state index in [4.69, 9.17) is 16.3 Å². The first-order chi connectivity index (χ1) is 8.10. The SMILES string of the molecule is COc1ccc(Cl)c2[nH]c(=O)c(C=O)c(C)c12. The number of pyridine rings is 1. The van der Waals surface area contributed by atoms with Crippen molar-refractivity contribution in [2.75, 3.05) is 7.11 Å². The summed E-state index contributed by atoms with van der Waals surface area (Å²) >= 11 is 6.01. The number of rotatable bonds is 2. The Labute approximate surface area is 102 Å². The molecule has 1 N–H and O–H groups in total.